The number of phenols is 1. The van der Waals surface area contributed by atoms with E-state index in [4.69, 9.17) is 16.7 Å². The quantitative estimate of drug-likeness (QED) is 0.643. The van der Waals surface area contributed by atoms with Gasteiger partial charge in [-0.1, -0.05) is 23.4 Å². The summed E-state index contributed by atoms with van der Waals surface area (Å²) in [6, 6.07) is 2.43. The van der Waals surface area contributed by atoms with E-state index < -0.39 is 11.6 Å². The molecule has 0 aromatic heterocycles. The van der Waals surface area contributed by atoms with Crippen LogP contribution in [0.25, 0.3) is 0 Å². The van der Waals surface area contributed by atoms with Crippen LogP contribution in [0, 0.1) is 5.82 Å². The molecular formula is C10H7ClFN3O2S. The fourth-order valence-electron chi connectivity index (χ4n) is 1.19. The highest BCUT2D eigenvalue weighted by Crippen LogP contribution is 2.26. The number of benzene rings is 1. The number of nitrogens with one attached hydrogen (secondary N) is 1. The van der Waals surface area contributed by atoms with Crippen LogP contribution in [-0.2, 0) is 4.79 Å². The number of halogens is 2. The Bertz CT molecular complexity index is 539. The molecule has 94 valence electrons. The van der Waals surface area contributed by atoms with Crippen LogP contribution in [0.15, 0.2) is 22.3 Å². The topological polar surface area (TPSA) is 74.0 Å². The van der Waals surface area contributed by atoms with Crippen molar-refractivity contribution < 1.29 is 14.3 Å². The molecular weight excluding hydrogens is 281 g/mol. The van der Waals surface area contributed by atoms with Gasteiger partial charge in [0.15, 0.2) is 16.7 Å². The number of thioether (sulfide) groups is 1. The molecule has 2 rings (SSSR count). The molecule has 1 aliphatic rings. The number of hydrogen-bond donors (Lipinski definition) is 2. The van der Waals surface area contributed by atoms with E-state index in [9.17, 15) is 9.18 Å². The van der Waals surface area contributed by atoms with Crippen molar-refractivity contribution in [1.82, 2.24) is 5.32 Å². The molecule has 1 fully saturated rings. The molecule has 0 radical (unpaired) electrons. The second kappa shape index (κ2) is 5.36. The van der Waals surface area contributed by atoms with Crippen LogP contribution < -0.4 is 5.32 Å². The minimum absolute atomic E-state index is 0.104. The number of aromatic hydroxyl groups is 1. The van der Waals surface area contributed by atoms with Gasteiger partial charge in [0.05, 0.1) is 17.0 Å². The molecule has 8 heteroatoms. The van der Waals surface area contributed by atoms with Gasteiger partial charge in [0.25, 0.3) is 0 Å². The third kappa shape index (κ3) is 2.99. The van der Waals surface area contributed by atoms with Gasteiger partial charge < -0.3 is 10.4 Å². The Morgan fingerprint density at radius 3 is 2.94 bits per heavy atom. The largest absolute Gasteiger partial charge is 0.504 e. The monoisotopic (exact) mass is 287 g/mol. The smallest absolute Gasteiger partial charge is 0.236 e. The van der Waals surface area contributed by atoms with Crippen LogP contribution in [0.5, 0.6) is 5.75 Å². The van der Waals surface area contributed by atoms with Crippen LogP contribution in [0.2, 0.25) is 5.02 Å². The van der Waals surface area contributed by atoms with Gasteiger partial charge in [0.1, 0.15) is 0 Å². The summed E-state index contributed by atoms with van der Waals surface area (Å²) < 4.78 is 13.1. The Morgan fingerprint density at radius 2 is 2.33 bits per heavy atom. The number of carbonyl (C=O) groups excluding carboxylic acids is 1. The summed E-state index contributed by atoms with van der Waals surface area (Å²) in [6.07, 6.45) is 1.27. The van der Waals surface area contributed by atoms with E-state index in [1.165, 1.54) is 24.0 Å². The maximum absolute atomic E-state index is 13.1. The lowest BCUT2D eigenvalue weighted by molar-refractivity contribution is -0.116. The summed E-state index contributed by atoms with van der Waals surface area (Å²) >= 11 is 6.83. The van der Waals surface area contributed by atoms with Gasteiger partial charge in [-0.3, -0.25) is 4.79 Å². The zero-order chi connectivity index (χ0) is 13.1. The van der Waals surface area contributed by atoms with Crippen LogP contribution >= 0.6 is 23.4 Å². The number of nitrogens with zero attached hydrogens (tertiary/aromatic N) is 2. The van der Waals surface area contributed by atoms with Crippen LogP contribution in [0.3, 0.4) is 0 Å². The average molecular weight is 288 g/mol. The standard InChI is InChI=1S/C10H7ClFN3O2S/c11-6-1-5(2-7(12)9(6)17)3-13-15-10-14-8(16)4-18-10/h1-3,17H,4H2,(H,14,15,16). The molecule has 0 saturated carbocycles. The van der Waals surface area contributed by atoms with Crippen molar-refractivity contribution in [2.45, 2.75) is 0 Å². The first kappa shape index (κ1) is 12.8. The minimum Gasteiger partial charge on any atom is -0.504 e. The molecule has 1 heterocycles. The van der Waals surface area contributed by atoms with E-state index in [0.29, 0.717) is 16.5 Å². The van der Waals surface area contributed by atoms with Crippen molar-refractivity contribution in [2.24, 2.45) is 10.2 Å². The summed E-state index contributed by atoms with van der Waals surface area (Å²) in [5.74, 6) is -1.25. The van der Waals surface area contributed by atoms with Crippen molar-refractivity contribution >= 4 is 40.7 Å². The highest BCUT2D eigenvalue weighted by molar-refractivity contribution is 8.15. The van der Waals surface area contributed by atoms with Crippen molar-refractivity contribution in [3.05, 3.63) is 28.5 Å². The van der Waals surface area contributed by atoms with E-state index in [1.807, 2.05) is 0 Å². The van der Waals surface area contributed by atoms with Gasteiger partial charge in [-0.15, -0.1) is 5.10 Å². The highest BCUT2D eigenvalue weighted by atomic mass is 35.5. The Morgan fingerprint density at radius 1 is 1.56 bits per heavy atom. The highest BCUT2D eigenvalue weighted by Gasteiger charge is 2.15. The molecule has 0 atom stereocenters. The van der Waals surface area contributed by atoms with Crippen molar-refractivity contribution in [1.29, 1.82) is 0 Å². The van der Waals surface area contributed by atoms with Crippen molar-refractivity contribution in [3.8, 4) is 5.75 Å². The fraction of sp³-hybridized carbons (Fsp3) is 0.100. The Hall–Kier alpha value is -1.60. The van der Waals surface area contributed by atoms with Gasteiger partial charge in [-0.25, -0.2) is 4.39 Å². The van der Waals surface area contributed by atoms with Crippen LogP contribution in [-0.4, -0.2) is 28.1 Å². The molecule has 0 spiro atoms. The van der Waals surface area contributed by atoms with Gasteiger partial charge in [-0.2, -0.15) is 5.10 Å². The van der Waals surface area contributed by atoms with Crippen molar-refractivity contribution in [3.63, 3.8) is 0 Å². The van der Waals surface area contributed by atoms with E-state index in [2.05, 4.69) is 15.5 Å². The predicted octanol–water partition coefficient (Wildman–Crippen LogP) is 1.74. The Balaban J connectivity index is 2.12. The predicted molar refractivity (Wildman–Crippen MR) is 68.7 cm³/mol. The molecule has 2 N–H and O–H groups in total. The lowest BCUT2D eigenvalue weighted by atomic mass is 10.2. The minimum atomic E-state index is -0.833. The first-order valence-corrected chi connectivity index (χ1v) is 6.14. The maximum atomic E-state index is 13.1. The summed E-state index contributed by atoms with van der Waals surface area (Å²) in [4.78, 5) is 10.9. The number of carbonyl (C=O) groups is 1. The summed E-state index contributed by atoms with van der Waals surface area (Å²) in [6.45, 7) is 0. The van der Waals surface area contributed by atoms with Crippen LogP contribution in [0.1, 0.15) is 5.56 Å². The number of phenolic OH excluding ortho intramolecular Hbond substituents is 1. The molecule has 1 aromatic rings. The summed E-state index contributed by atoms with van der Waals surface area (Å²) in [5, 5.41) is 19.3. The molecule has 0 aliphatic carbocycles. The third-order valence-corrected chi connectivity index (χ3v) is 3.13. The molecule has 0 unspecified atom stereocenters. The Kier molecular flexibility index (Phi) is 3.83. The third-order valence-electron chi connectivity index (χ3n) is 1.98. The first-order valence-electron chi connectivity index (χ1n) is 4.78. The fourth-order valence-corrected chi connectivity index (χ4v) is 2.03. The summed E-state index contributed by atoms with van der Waals surface area (Å²) in [5.41, 5.74) is 0.356. The van der Waals surface area contributed by atoms with Gasteiger partial charge in [0.2, 0.25) is 5.91 Å². The molecule has 1 saturated heterocycles. The maximum Gasteiger partial charge on any atom is 0.236 e. The molecule has 1 amide bonds. The lowest BCUT2D eigenvalue weighted by Gasteiger charge is -1.99. The first-order chi connectivity index (χ1) is 8.56. The second-order valence-corrected chi connectivity index (χ2v) is 4.69. The van der Waals surface area contributed by atoms with E-state index in [1.54, 1.807) is 0 Å². The number of amidine groups is 1. The van der Waals surface area contributed by atoms with Crippen molar-refractivity contribution in [2.75, 3.05) is 5.75 Å². The molecule has 18 heavy (non-hydrogen) atoms. The normalized spacial score (nSPS) is 17.7. The molecule has 0 bridgehead atoms. The van der Waals surface area contributed by atoms with Gasteiger partial charge in [0, 0.05) is 0 Å². The van der Waals surface area contributed by atoms with Gasteiger partial charge >= 0.3 is 0 Å². The second-order valence-electron chi connectivity index (χ2n) is 3.32. The molecule has 1 aromatic carbocycles. The number of rotatable bonds is 2. The Labute approximate surface area is 111 Å². The SMILES string of the molecule is O=C1CSC(=NN=Cc2cc(F)c(O)c(Cl)c2)N1. The zero-order valence-electron chi connectivity index (χ0n) is 8.85. The van der Waals surface area contributed by atoms with E-state index in [-0.39, 0.29) is 10.9 Å². The van der Waals surface area contributed by atoms with Gasteiger partial charge in [-0.05, 0) is 17.7 Å². The molecule has 5 nitrogen and oxygen atoms in total. The summed E-state index contributed by atoms with van der Waals surface area (Å²) in [7, 11) is 0. The average Bonchev–Trinajstić information content (AvgIpc) is 2.72. The molecule has 1 aliphatic heterocycles. The van der Waals surface area contributed by atoms with E-state index >= 15 is 0 Å². The number of hydrogen-bond acceptors (Lipinski definition) is 5. The lowest BCUT2D eigenvalue weighted by Crippen LogP contribution is -2.19. The van der Waals surface area contributed by atoms with E-state index in [0.717, 1.165) is 6.07 Å². The van der Waals surface area contributed by atoms with Crippen LogP contribution in [0.4, 0.5) is 4.39 Å². The number of amides is 1. The zero-order valence-corrected chi connectivity index (χ0v) is 10.4.